The molecule has 2 amide bonds. The smallest absolute Gasteiger partial charge is 0.326 e. The van der Waals surface area contributed by atoms with Crippen LogP contribution in [-0.4, -0.2) is 78.1 Å². The number of likely N-dealkylation sites (tertiary alicyclic amines) is 1. The van der Waals surface area contributed by atoms with Crippen LogP contribution in [0, 0.1) is 0 Å². The van der Waals surface area contributed by atoms with Gasteiger partial charge in [0, 0.05) is 19.6 Å². The quantitative estimate of drug-likeness (QED) is 0.799. The molecule has 0 bridgehead atoms. The van der Waals surface area contributed by atoms with Gasteiger partial charge in [-0.15, -0.1) is 0 Å². The summed E-state index contributed by atoms with van der Waals surface area (Å²) >= 11 is 0. The number of aliphatic carboxylic acids is 1. The van der Waals surface area contributed by atoms with Crippen molar-refractivity contribution in [1.29, 1.82) is 0 Å². The lowest BCUT2D eigenvalue weighted by Gasteiger charge is -2.36. The second-order valence-electron chi connectivity index (χ2n) is 5.56. The minimum absolute atomic E-state index is 0.127. The zero-order valence-corrected chi connectivity index (χ0v) is 12.8. The van der Waals surface area contributed by atoms with Gasteiger partial charge in [-0.3, -0.25) is 0 Å². The van der Waals surface area contributed by atoms with Crippen LogP contribution in [0.4, 0.5) is 4.79 Å². The van der Waals surface area contributed by atoms with Gasteiger partial charge in [-0.25, -0.2) is 9.59 Å². The van der Waals surface area contributed by atoms with Crippen LogP contribution < -0.4 is 0 Å². The van der Waals surface area contributed by atoms with E-state index in [0.29, 0.717) is 26.1 Å². The average molecular weight is 285 g/mol. The van der Waals surface area contributed by atoms with Gasteiger partial charge < -0.3 is 19.8 Å². The highest BCUT2D eigenvalue weighted by Crippen LogP contribution is 2.19. The van der Waals surface area contributed by atoms with Gasteiger partial charge in [0.05, 0.1) is 0 Å². The Morgan fingerprint density at radius 3 is 2.50 bits per heavy atom. The maximum absolute atomic E-state index is 12.5. The molecule has 6 heteroatoms. The van der Waals surface area contributed by atoms with E-state index in [4.69, 9.17) is 0 Å². The number of carbonyl (C=O) groups excluding carboxylic acids is 1. The summed E-state index contributed by atoms with van der Waals surface area (Å²) in [5.41, 5.74) is 0. The molecule has 0 aromatic carbocycles. The fourth-order valence-corrected chi connectivity index (χ4v) is 2.57. The number of rotatable bonds is 6. The van der Waals surface area contributed by atoms with Crippen molar-refractivity contribution in [3.05, 3.63) is 0 Å². The van der Waals surface area contributed by atoms with Gasteiger partial charge in [0.15, 0.2) is 0 Å². The minimum Gasteiger partial charge on any atom is -0.480 e. The largest absolute Gasteiger partial charge is 0.480 e. The van der Waals surface area contributed by atoms with Crippen LogP contribution in [0.5, 0.6) is 0 Å². The first-order valence-electron chi connectivity index (χ1n) is 7.40. The van der Waals surface area contributed by atoms with E-state index in [0.717, 1.165) is 25.8 Å². The first-order valence-corrected chi connectivity index (χ1v) is 7.40. The predicted octanol–water partition coefficient (Wildman–Crippen LogP) is 1.32. The Labute approximate surface area is 121 Å². The number of nitrogens with zero attached hydrogens (tertiary/aromatic N) is 3. The zero-order valence-electron chi connectivity index (χ0n) is 12.8. The number of piperidine rings is 1. The maximum atomic E-state index is 12.5. The van der Waals surface area contributed by atoms with E-state index in [2.05, 4.69) is 4.90 Å². The molecule has 0 saturated carbocycles. The normalized spacial score (nSPS) is 19.2. The molecule has 1 rings (SSSR count). The van der Waals surface area contributed by atoms with Gasteiger partial charge in [-0.1, -0.05) is 0 Å². The van der Waals surface area contributed by atoms with Gasteiger partial charge in [0.1, 0.15) is 6.04 Å². The second kappa shape index (κ2) is 8.09. The molecule has 1 aliphatic heterocycles. The molecule has 1 saturated heterocycles. The maximum Gasteiger partial charge on any atom is 0.326 e. The molecule has 0 aliphatic carbocycles. The monoisotopic (exact) mass is 285 g/mol. The third-order valence-electron chi connectivity index (χ3n) is 3.72. The Kier molecular flexibility index (Phi) is 6.78. The summed E-state index contributed by atoms with van der Waals surface area (Å²) in [7, 11) is 4.01. The molecule has 116 valence electrons. The van der Waals surface area contributed by atoms with E-state index in [1.54, 1.807) is 4.90 Å². The van der Waals surface area contributed by atoms with E-state index < -0.39 is 12.0 Å². The van der Waals surface area contributed by atoms with Crippen molar-refractivity contribution >= 4 is 12.0 Å². The van der Waals surface area contributed by atoms with Crippen molar-refractivity contribution < 1.29 is 14.7 Å². The van der Waals surface area contributed by atoms with Crippen LogP contribution in [0.1, 0.15) is 32.6 Å². The van der Waals surface area contributed by atoms with Crippen LogP contribution in [-0.2, 0) is 4.79 Å². The van der Waals surface area contributed by atoms with Crippen molar-refractivity contribution in [2.24, 2.45) is 0 Å². The molecular formula is C14H27N3O3. The van der Waals surface area contributed by atoms with Crippen molar-refractivity contribution in [2.75, 3.05) is 40.3 Å². The SMILES string of the molecule is CCN(CCCN(C)C)C(=O)N1CCCCC1C(=O)O. The first-order chi connectivity index (χ1) is 9.47. The molecule has 0 radical (unpaired) electrons. The van der Waals surface area contributed by atoms with Crippen molar-refractivity contribution in [3.8, 4) is 0 Å². The molecule has 0 aromatic heterocycles. The summed E-state index contributed by atoms with van der Waals surface area (Å²) < 4.78 is 0. The summed E-state index contributed by atoms with van der Waals surface area (Å²) in [6.07, 6.45) is 3.24. The van der Waals surface area contributed by atoms with Crippen LogP contribution >= 0.6 is 0 Å². The van der Waals surface area contributed by atoms with Crippen LogP contribution in [0.2, 0.25) is 0 Å². The van der Waals surface area contributed by atoms with E-state index in [9.17, 15) is 14.7 Å². The van der Waals surface area contributed by atoms with Crippen molar-refractivity contribution in [2.45, 2.75) is 38.6 Å². The molecule has 1 N–H and O–H groups in total. The number of carbonyl (C=O) groups is 2. The van der Waals surface area contributed by atoms with E-state index in [1.165, 1.54) is 4.90 Å². The Balaban J connectivity index is 2.61. The third kappa shape index (κ3) is 4.67. The van der Waals surface area contributed by atoms with E-state index in [-0.39, 0.29) is 6.03 Å². The Hall–Kier alpha value is -1.30. The number of hydrogen-bond acceptors (Lipinski definition) is 3. The Morgan fingerprint density at radius 2 is 1.95 bits per heavy atom. The average Bonchev–Trinajstić information content (AvgIpc) is 2.42. The fourth-order valence-electron chi connectivity index (χ4n) is 2.57. The Morgan fingerprint density at radius 1 is 1.25 bits per heavy atom. The summed E-state index contributed by atoms with van der Waals surface area (Å²) in [5, 5.41) is 9.24. The topological polar surface area (TPSA) is 64.1 Å². The molecule has 1 unspecified atom stereocenters. The highest BCUT2D eigenvalue weighted by Gasteiger charge is 2.33. The molecule has 6 nitrogen and oxygen atoms in total. The van der Waals surface area contributed by atoms with Crippen LogP contribution in [0.25, 0.3) is 0 Å². The van der Waals surface area contributed by atoms with Gasteiger partial charge >= 0.3 is 12.0 Å². The van der Waals surface area contributed by atoms with Crippen LogP contribution in [0.3, 0.4) is 0 Å². The van der Waals surface area contributed by atoms with Crippen LogP contribution in [0.15, 0.2) is 0 Å². The zero-order chi connectivity index (χ0) is 15.1. The second-order valence-corrected chi connectivity index (χ2v) is 5.56. The van der Waals surface area contributed by atoms with Gasteiger partial charge in [0.25, 0.3) is 0 Å². The highest BCUT2D eigenvalue weighted by molar-refractivity contribution is 5.82. The summed E-state index contributed by atoms with van der Waals surface area (Å²) in [4.78, 5) is 29.1. The summed E-state index contributed by atoms with van der Waals surface area (Å²) in [6, 6.07) is -0.780. The number of amides is 2. The Bertz CT molecular complexity index is 334. The first kappa shape index (κ1) is 16.8. The molecule has 1 aliphatic rings. The highest BCUT2D eigenvalue weighted by atomic mass is 16.4. The number of carboxylic acids is 1. The third-order valence-corrected chi connectivity index (χ3v) is 3.72. The van der Waals surface area contributed by atoms with Crippen molar-refractivity contribution in [3.63, 3.8) is 0 Å². The van der Waals surface area contributed by atoms with Gasteiger partial charge in [-0.2, -0.15) is 0 Å². The van der Waals surface area contributed by atoms with Crippen molar-refractivity contribution in [1.82, 2.24) is 14.7 Å². The number of carboxylic acid groups (broad SMARTS) is 1. The van der Waals surface area contributed by atoms with Gasteiger partial charge in [0.2, 0.25) is 0 Å². The molecule has 0 spiro atoms. The van der Waals surface area contributed by atoms with E-state index >= 15 is 0 Å². The summed E-state index contributed by atoms with van der Waals surface area (Å²) in [6.45, 7) is 4.71. The van der Waals surface area contributed by atoms with E-state index in [1.807, 2.05) is 21.0 Å². The lowest BCUT2D eigenvalue weighted by molar-refractivity contribution is -0.143. The summed E-state index contributed by atoms with van der Waals surface area (Å²) in [5.74, 6) is -0.887. The molecule has 0 aromatic rings. The molecule has 20 heavy (non-hydrogen) atoms. The number of urea groups is 1. The van der Waals surface area contributed by atoms with Gasteiger partial charge in [-0.05, 0) is 53.2 Å². The minimum atomic E-state index is -0.887. The molecule has 1 fully saturated rings. The molecule has 1 heterocycles. The lowest BCUT2D eigenvalue weighted by atomic mass is 10.0. The lowest BCUT2D eigenvalue weighted by Crippen LogP contribution is -2.53. The number of hydrogen-bond donors (Lipinski definition) is 1. The predicted molar refractivity (Wildman–Crippen MR) is 77.8 cm³/mol. The molecular weight excluding hydrogens is 258 g/mol. The molecule has 1 atom stereocenters. The standard InChI is InChI=1S/C14H27N3O3/c1-4-16(10-7-9-15(2)3)14(20)17-11-6-5-8-12(17)13(18)19/h12H,4-11H2,1-3H3,(H,18,19). The fraction of sp³-hybridized carbons (Fsp3) is 0.857.